The fourth-order valence-corrected chi connectivity index (χ4v) is 4.17. The Balaban J connectivity index is 1.34. The predicted molar refractivity (Wildman–Crippen MR) is 112 cm³/mol. The number of aryl methyl sites for hydroxylation is 1. The largest absolute Gasteiger partial charge is 0.408 e. The Morgan fingerprint density at radius 1 is 1.19 bits per heavy atom. The van der Waals surface area contributed by atoms with Crippen LogP contribution in [0.2, 0.25) is 0 Å². The number of fused-ring (bicyclic) bond motifs is 1. The van der Waals surface area contributed by atoms with Gasteiger partial charge in [-0.15, -0.1) is 10.2 Å². The minimum atomic E-state index is -0.450. The number of anilines is 2. The van der Waals surface area contributed by atoms with Crippen molar-refractivity contribution in [3.8, 4) is 0 Å². The van der Waals surface area contributed by atoms with Gasteiger partial charge >= 0.3 is 6.01 Å². The first kappa shape index (κ1) is 19.9. The molecule has 8 nitrogen and oxygen atoms in total. The molecule has 0 unspecified atom stereocenters. The van der Waals surface area contributed by atoms with Gasteiger partial charge in [-0.1, -0.05) is 16.7 Å². The van der Waals surface area contributed by atoms with Crippen molar-refractivity contribution in [3.63, 3.8) is 0 Å². The maximum Gasteiger partial charge on any atom is 0.318 e. The molecule has 11 heteroatoms. The molecule has 1 saturated heterocycles. The SMILES string of the molecule is Cc1nnc(N2CCC(Nc3nc4c(C5=CC(Cl)=C(F)CC5)cc(F)cn4n3)CC2)o1. The second kappa shape index (κ2) is 7.92. The number of hydrogen-bond acceptors (Lipinski definition) is 7. The quantitative estimate of drug-likeness (QED) is 0.640. The Morgan fingerprint density at radius 3 is 2.71 bits per heavy atom. The summed E-state index contributed by atoms with van der Waals surface area (Å²) in [5, 5.41) is 15.7. The van der Waals surface area contributed by atoms with Crippen LogP contribution in [-0.4, -0.2) is 43.9 Å². The molecule has 3 aromatic heterocycles. The third-order valence-corrected chi connectivity index (χ3v) is 5.85. The molecule has 0 bridgehead atoms. The molecule has 0 aromatic carbocycles. The number of allylic oxidation sites excluding steroid dienone is 4. The number of nitrogens with zero attached hydrogens (tertiary/aromatic N) is 6. The number of aromatic nitrogens is 5. The first-order chi connectivity index (χ1) is 15.0. The Morgan fingerprint density at radius 2 is 2.00 bits per heavy atom. The van der Waals surface area contributed by atoms with Crippen LogP contribution in [0, 0.1) is 12.7 Å². The van der Waals surface area contributed by atoms with Gasteiger partial charge in [0, 0.05) is 38.0 Å². The molecule has 5 rings (SSSR count). The topological polar surface area (TPSA) is 84.4 Å². The fraction of sp³-hybridized carbons (Fsp3) is 0.400. The third kappa shape index (κ3) is 3.99. The molecule has 0 atom stereocenters. The molecule has 0 amide bonds. The zero-order valence-electron chi connectivity index (χ0n) is 16.8. The molecule has 0 saturated carbocycles. The Hall–Kier alpha value is -3.01. The number of rotatable bonds is 4. The normalized spacial score (nSPS) is 18.1. The van der Waals surface area contributed by atoms with E-state index < -0.39 is 5.82 Å². The van der Waals surface area contributed by atoms with E-state index in [1.807, 2.05) is 0 Å². The van der Waals surface area contributed by atoms with Gasteiger partial charge in [-0.25, -0.2) is 13.3 Å². The molecule has 0 radical (unpaired) electrons. The van der Waals surface area contributed by atoms with E-state index in [-0.39, 0.29) is 23.3 Å². The molecule has 31 heavy (non-hydrogen) atoms. The summed E-state index contributed by atoms with van der Waals surface area (Å²) in [6, 6.07) is 2.08. The lowest BCUT2D eigenvalue weighted by atomic mass is 9.97. The highest BCUT2D eigenvalue weighted by Gasteiger charge is 2.24. The summed E-state index contributed by atoms with van der Waals surface area (Å²) < 4.78 is 34.7. The van der Waals surface area contributed by atoms with Crippen LogP contribution in [0.4, 0.5) is 20.7 Å². The summed E-state index contributed by atoms with van der Waals surface area (Å²) >= 11 is 5.95. The molecule has 2 aliphatic rings. The Bertz CT molecular complexity index is 1190. The van der Waals surface area contributed by atoms with Crippen LogP contribution in [0.25, 0.3) is 11.2 Å². The van der Waals surface area contributed by atoms with E-state index in [4.69, 9.17) is 16.0 Å². The summed E-state index contributed by atoms with van der Waals surface area (Å²) in [4.78, 5) is 6.62. The molecule has 4 heterocycles. The summed E-state index contributed by atoms with van der Waals surface area (Å²) in [6.45, 7) is 3.28. The van der Waals surface area contributed by atoms with Gasteiger partial charge in [0.05, 0.1) is 11.2 Å². The van der Waals surface area contributed by atoms with Crippen LogP contribution in [0.3, 0.4) is 0 Å². The Labute approximate surface area is 181 Å². The summed E-state index contributed by atoms with van der Waals surface area (Å²) in [5.74, 6) is 0.154. The maximum absolute atomic E-state index is 14.2. The van der Waals surface area contributed by atoms with Crippen LogP contribution in [0.1, 0.15) is 37.1 Å². The van der Waals surface area contributed by atoms with E-state index in [1.165, 1.54) is 22.9 Å². The van der Waals surface area contributed by atoms with E-state index in [0.717, 1.165) is 31.5 Å². The van der Waals surface area contributed by atoms with Crippen molar-refractivity contribution < 1.29 is 13.2 Å². The standard InChI is InChI=1S/C20H20ClF2N7O/c1-11-26-27-20(31-11)29-6-4-14(5-7-29)24-19-25-18-15(9-13(22)10-30(18)28-19)12-2-3-17(23)16(21)8-12/h8-10,14H,2-7H2,1H3,(H,24,28). The summed E-state index contributed by atoms with van der Waals surface area (Å²) in [5.41, 5.74) is 1.80. The van der Waals surface area contributed by atoms with Gasteiger partial charge in [0.2, 0.25) is 11.8 Å². The zero-order chi connectivity index (χ0) is 21.5. The van der Waals surface area contributed by atoms with Gasteiger partial charge in [0.25, 0.3) is 0 Å². The molecule has 1 N–H and O–H groups in total. The van der Waals surface area contributed by atoms with Gasteiger partial charge in [-0.05, 0) is 37.0 Å². The van der Waals surface area contributed by atoms with Crippen molar-refractivity contribution >= 4 is 34.8 Å². The predicted octanol–water partition coefficient (Wildman–Crippen LogP) is 4.24. The van der Waals surface area contributed by atoms with E-state index in [1.54, 1.807) is 6.92 Å². The second-order valence-electron chi connectivity index (χ2n) is 7.71. The van der Waals surface area contributed by atoms with Crippen molar-refractivity contribution in [2.24, 2.45) is 0 Å². The van der Waals surface area contributed by atoms with E-state index in [0.29, 0.717) is 35.5 Å². The minimum absolute atomic E-state index is 0.0460. The highest BCUT2D eigenvalue weighted by atomic mass is 35.5. The second-order valence-corrected chi connectivity index (χ2v) is 8.11. The van der Waals surface area contributed by atoms with Crippen LogP contribution in [-0.2, 0) is 0 Å². The molecule has 1 fully saturated rings. The van der Waals surface area contributed by atoms with Gasteiger partial charge in [0.15, 0.2) is 5.65 Å². The number of pyridine rings is 1. The van der Waals surface area contributed by atoms with Gasteiger partial charge in [-0.3, -0.25) is 0 Å². The Kier molecular flexibility index (Phi) is 5.09. The van der Waals surface area contributed by atoms with Crippen LogP contribution in [0.15, 0.2) is 33.6 Å². The van der Waals surface area contributed by atoms with Crippen molar-refractivity contribution in [2.75, 3.05) is 23.3 Å². The monoisotopic (exact) mass is 447 g/mol. The smallest absolute Gasteiger partial charge is 0.318 e. The molecule has 3 aromatic rings. The highest BCUT2D eigenvalue weighted by Crippen LogP contribution is 2.34. The van der Waals surface area contributed by atoms with Crippen molar-refractivity contribution in [2.45, 2.75) is 38.6 Å². The van der Waals surface area contributed by atoms with Crippen LogP contribution >= 0.6 is 11.6 Å². The van der Waals surface area contributed by atoms with Crippen LogP contribution < -0.4 is 10.2 Å². The molecular formula is C20H20ClF2N7O. The maximum atomic E-state index is 14.2. The minimum Gasteiger partial charge on any atom is -0.408 e. The average molecular weight is 448 g/mol. The molecule has 1 aliphatic carbocycles. The van der Waals surface area contributed by atoms with E-state index in [2.05, 4.69) is 30.5 Å². The highest BCUT2D eigenvalue weighted by molar-refractivity contribution is 6.32. The van der Waals surface area contributed by atoms with Gasteiger partial charge in [0.1, 0.15) is 11.6 Å². The third-order valence-electron chi connectivity index (χ3n) is 5.53. The number of nitrogens with one attached hydrogen (secondary N) is 1. The number of hydrogen-bond donors (Lipinski definition) is 1. The molecule has 1 aliphatic heterocycles. The van der Waals surface area contributed by atoms with Crippen molar-refractivity contribution in [1.29, 1.82) is 0 Å². The zero-order valence-corrected chi connectivity index (χ0v) is 17.5. The number of piperidine rings is 1. The van der Waals surface area contributed by atoms with Gasteiger partial charge in [-0.2, -0.15) is 4.98 Å². The molecular weight excluding hydrogens is 428 g/mol. The first-order valence-electron chi connectivity index (χ1n) is 10.1. The number of halogens is 3. The van der Waals surface area contributed by atoms with E-state index in [9.17, 15) is 8.78 Å². The lowest BCUT2D eigenvalue weighted by Gasteiger charge is -2.30. The lowest BCUT2D eigenvalue weighted by Crippen LogP contribution is -2.39. The van der Waals surface area contributed by atoms with Crippen LogP contribution in [0.5, 0.6) is 0 Å². The average Bonchev–Trinajstić information content (AvgIpc) is 3.36. The molecule has 0 spiro atoms. The van der Waals surface area contributed by atoms with E-state index >= 15 is 0 Å². The first-order valence-corrected chi connectivity index (χ1v) is 10.5. The fourth-order valence-electron chi connectivity index (χ4n) is 3.94. The summed E-state index contributed by atoms with van der Waals surface area (Å²) in [7, 11) is 0. The van der Waals surface area contributed by atoms with Crippen molar-refractivity contribution in [3.05, 3.63) is 46.5 Å². The van der Waals surface area contributed by atoms with Crippen molar-refractivity contribution in [1.82, 2.24) is 24.8 Å². The van der Waals surface area contributed by atoms with Gasteiger partial charge < -0.3 is 14.6 Å². The summed E-state index contributed by atoms with van der Waals surface area (Å²) in [6.07, 6.45) is 5.09. The molecule has 162 valence electrons. The lowest BCUT2D eigenvalue weighted by molar-refractivity contribution is 0.458.